The fraction of sp³-hybridized carbons (Fsp3) is 0.545. The molecule has 0 spiro atoms. The van der Waals surface area contributed by atoms with Crippen LogP contribution in [0.4, 0.5) is 0 Å². The summed E-state index contributed by atoms with van der Waals surface area (Å²) < 4.78 is 15.7. The van der Waals surface area contributed by atoms with E-state index in [1.54, 1.807) is 13.1 Å². The Morgan fingerprint density at radius 1 is 1.56 bits per heavy atom. The van der Waals surface area contributed by atoms with E-state index in [-0.39, 0.29) is 18.5 Å². The highest BCUT2D eigenvalue weighted by Gasteiger charge is 2.32. The van der Waals surface area contributed by atoms with Crippen molar-refractivity contribution >= 4 is 5.97 Å². The Morgan fingerprint density at radius 3 is 2.81 bits per heavy atom. The molecule has 16 heavy (non-hydrogen) atoms. The van der Waals surface area contributed by atoms with Gasteiger partial charge in [-0.05, 0) is 26.3 Å². The molecule has 0 bridgehead atoms. The van der Waals surface area contributed by atoms with Gasteiger partial charge in [0.1, 0.15) is 5.69 Å². The number of hydrogen-bond donors (Lipinski definition) is 1. The van der Waals surface area contributed by atoms with Crippen molar-refractivity contribution in [2.75, 3.05) is 6.61 Å². The number of aromatic amines is 1. The molecule has 0 radical (unpaired) electrons. The summed E-state index contributed by atoms with van der Waals surface area (Å²) >= 11 is 0. The van der Waals surface area contributed by atoms with Crippen molar-refractivity contribution < 1.29 is 19.0 Å². The molecule has 1 saturated heterocycles. The maximum atomic E-state index is 11.5. The Kier molecular flexibility index (Phi) is 2.98. The number of nitrogens with one attached hydrogen (secondary N) is 1. The summed E-state index contributed by atoms with van der Waals surface area (Å²) in [4.78, 5) is 14.4. The highest BCUT2D eigenvalue weighted by Crippen LogP contribution is 2.34. The number of rotatable bonds is 3. The smallest absolute Gasteiger partial charge is 0.355 e. The van der Waals surface area contributed by atoms with Gasteiger partial charge in [0.25, 0.3) is 0 Å². The third-order valence-corrected chi connectivity index (χ3v) is 2.54. The molecular formula is C11H15NO4. The lowest BCUT2D eigenvalue weighted by Gasteiger charge is -2.33. The third-order valence-electron chi connectivity index (χ3n) is 2.54. The highest BCUT2D eigenvalue weighted by molar-refractivity contribution is 5.89. The van der Waals surface area contributed by atoms with Gasteiger partial charge in [-0.1, -0.05) is 0 Å². The molecule has 0 amide bonds. The molecule has 1 aliphatic heterocycles. The molecule has 5 heteroatoms. The predicted octanol–water partition coefficient (Wildman–Crippen LogP) is 1.89. The van der Waals surface area contributed by atoms with Crippen LogP contribution in [-0.2, 0) is 14.2 Å². The second-order valence-electron chi connectivity index (χ2n) is 3.64. The minimum atomic E-state index is -0.366. The Bertz CT molecular complexity index is 393. The average molecular weight is 225 g/mol. The molecule has 0 atom stereocenters. The van der Waals surface area contributed by atoms with E-state index in [1.807, 2.05) is 13.8 Å². The van der Waals surface area contributed by atoms with Crippen molar-refractivity contribution in [3.05, 3.63) is 23.0 Å². The summed E-state index contributed by atoms with van der Waals surface area (Å²) in [5.41, 5.74) is 2.13. The molecule has 1 aromatic rings. The first kappa shape index (κ1) is 11.2. The number of H-pyrrole nitrogens is 1. The summed E-state index contributed by atoms with van der Waals surface area (Å²) in [7, 11) is 0. The first-order valence-electron chi connectivity index (χ1n) is 5.29. The van der Waals surface area contributed by atoms with Crippen LogP contribution < -0.4 is 0 Å². The monoisotopic (exact) mass is 225 g/mol. The topological polar surface area (TPSA) is 60.6 Å². The summed E-state index contributed by atoms with van der Waals surface area (Å²) in [5.74, 6) is -0.348. The van der Waals surface area contributed by atoms with Crippen molar-refractivity contribution in [2.24, 2.45) is 0 Å². The van der Waals surface area contributed by atoms with Crippen molar-refractivity contribution in [3.8, 4) is 0 Å². The Labute approximate surface area is 93.7 Å². The van der Waals surface area contributed by atoms with Crippen molar-refractivity contribution in [3.63, 3.8) is 0 Å². The molecule has 0 unspecified atom stereocenters. The van der Waals surface area contributed by atoms with Crippen LogP contribution in [0.25, 0.3) is 0 Å². The lowest BCUT2D eigenvalue weighted by Crippen LogP contribution is -2.31. The van der Waals surface area contributed by atoms with Gasteiger partial charge in [-0.2, -0.15) is 0 Å². The van der Waals surface area contributed by atoms with E-state index in [1.165, 1.54) is 0 Å². The lowest BCUT2D eigenvalue weighted by atomic mass is 10.1. The molecule has 0 aliphatic carbocycles. The fourth-order valence-electron chi connectivity index (χ4n) is 1.68. The quantitative estimate of drug-likeness (QED) is 0.798. The molecule has 2 heterocycles. The van der Waals surface area contributed by atoms with Crippen LogP contribution in [0.1, 0.15) is 41.8 Å². The summed E-state index contributed by atoms with van der Waals surface area (Å²) in [6, 6.07) is 0. The van der Waals surface area contributed by atoms with Gasteiger partial charge in [0, 0.05) is 11.8 Å². The molecule has 2 rings (SSSR count). The van der Waals surface area contributed by atoms with E-state index in [4.69, 9.17) is 14.2 Å². The molecule has 1 aromatic heterocycles. The van der Waals surface area contributed by atoms with Crippen LogP contribution in [-0.4, -0.2) is 23.9 Å². The van der Waals surface area contributed by atoms with Gasteiger partial charge in [-0.3, -0.25) is 0 Å². The van der Waals surface area contributed by atoms with Gasteiger partial charge in [0.2, 0.25) is 0 Å². The van der Waals surface area contributed by atoms with E-state index in [0.29, 0.717) is 12.3 Å². The van der Waals surface area contributed by atoms with Gasteiger partial charge in [0.05, 0.1) is 6.61 Å². The molecule has 1 aliphatic rings. The van der Waals surface area contributed by atoms with Crippen LogP contribution in [0.5, 0.6) is 0 Å². The van der Waals surface area contributed by atoms with Gasteiger partial charge in [0.15, 0.2) is 12.6 Å². The normalized spacial score (nSPS) is 23.9. The first-order valence-corrected chi connectivity index (χ1v) is 5.29. The van der Waals surface area contributed by atoms with E-state index in [9.17, 15) is 4.79 Å². The molecule has 1 N–H and O–H groups in total. The summed E-state index contributed by atoms with van der Waals surface area (Å²) in [5, 5.41) is 0. The Morgan fingerprint density at radius 2 is 2.25 bits per heavy atom. The molecule has 0 aromatic carbocycles. The van der Waals surface area contributed by atoms with Gasteiger partial charge < -0.3 is 19.2 Å². The lowest BCUT2D eigenvalue weighted by molar-refractivity contribution is -0.382. The van der Waals surface area contributed by atoms with Gasteiger partial charge in [-0.15, -0.1) is 0 Å². The van der Waals surface area contributed by atoms with E-state index in [2.05, 4.69) is 4.98 Å². The second kappa shape index (κ2) is 4.27. The number of hydrogen-bond acceptors (Lipinski definition) is 4. The zero-order valence-corrected chi connectivity index (χ0v) is 9.57. The van der Waals surface area contributed by atoms with Crippen LogP contribution in [0.15, 0.2) is 6.20 Å². The standard InChI is InChI=1S/C11H15NO4/c1-4-14-10(13)9-6(2)8(5-12-9)11-15-7(3)16-11/h5,7,11-12H,4H2,1-3H3. The molecule has 1 fully saturated rings. The average Bonchev–Trinajstić information content (AvgIpc) is 2.56. The van der Waals surface area contributed by atoms with Crippen molar-refractivity contribution in [1.29, 1.82) is 0 Å². The van der Waals surface area contributed by atoms with Crippen molar-refractivity contribution in [1.82, 2.24) is 4.98 Å². The van der Waals surface area contributed by atoms with Crippen LogP contribution >= 0.6 is 0 Å². The van der Waals surface area contributed by atoms with E-state index >= 15 is 0 Å². The molecule has 0 saturated carbocycles. The number of aromatic nitrogens is 1. The number of carbonyl (C=O) groups is 1. The minimum Gasteiger partial charge on any atom is -0.461 e. The maximum Gasteiger partial charge on any atom is 0.355 e. The Hall–Kier alpha value is -1.33. The van der Waals surface area contributed by atoms with Gasteiger partial charge in [-0.25, -0.2) is 4.79 Å². The number of ether oxygens (including phenoxy) is 3. The number of esters is 1. The summed E-state index contributed by atoms with van der Waals surface area (Å²) in [6.45, 7) is 5.80. The van der Waals surface area contributed by atoms with Crippen LogP contribution in [0.3, 0.4) is 0 Å². The Balaban J connectivity index is 2.14. The maximum absolute atomic E-state index is 11.5. The van der Waals surface area contributed by atoms with Crippen molar-refractivity contribution in [2.45, 2.75) is 33.4 Å². The summed E-state index contributed by atoms with van der Waals surface area (Å²) in [6.07, 6.45) is 1.18. The zero-order valence-electron chi connectivity index (χ0n) is 9.57. The minimum absolute atomic E-state index is 0.176. The number of carbonyl (C=O) groups excluding carboxylic acids is 1. The zero-order chi connectivity index (χ0) is 11.7. The second-order valence-corrected chi connectivity index (χ2v) is 3.64. The van der Waals surface area contributed by atoms with E-state index in [0.717, 1.165) is 11.1 Å². The van der Waals surface area contributed by atoms with Gasteiger partial charge >= 0.3 is 5.97 Å². The van der Waals surface area contributed by atoms with E-state index < -0.39 is 0 Å². The first-order chi connectivity index (χ1) is 7.63. The fourth-order valence-corrected chi connectivity index (χ4v) is 1.68. The highest BCUT2D eigenvalue weighted by atomic mass is 16.9. The van der Waals surface area contributed by atoms with Crippen LogP contribution in [0.2, 0.25) is 0 Å². The largest absolute Gasteiger partial charge is 0.461 e. The third kappa shape index (κ3) is 1.83. The molecule has 5 nitrogen and oxygen atoms in total. The SMILES string of the molecule is CCOC(=O)c1[nH]cc(C2OC(C)O2)c1C. The molecule has 88 valence electrons. The predicted molar refractivity (Wildman–Crippen MR) is 55.9 cm³/mol. The molecular weight excluding hydrogens is 210 g/mol. The van der Waals surface area contributed by atoms with Crippen LogP contribution in [0, 0.1) is 6.92 Å².